The Bertz CT molecular complexity index is 420. The molecule has 0 bridgehead atoms. The van der Waals surface area contributed by atoms with E-state index in [9.17, 15) is 0 Å². The predicted molar refractivity (Wildman–Crippen MR) is 54.4 cm³/mol. The van der Waals surface area contributed by atoms with Crippen LogP contribution in [-0.4, -0.2) is 15.0 Å². The Hall–Kier alpha value is -1.88. The molecular weight excluding hydrogens is 178 g/mol. The number of nitrogen functional groups attached to an aromatic ring is 1. The molecule has 0 amide bonds. The quantitative estimate of drug-likeness (QED) is 0.487. The van der Waals surface area contributed by atoms with E-state index in [-0.39, 0.29) is 0 Å². The monoisotopic (exact) mass is 189 g/mol. The van der Waals surface area contributed by atoms with Crippen molar-refractivity contribution in [1.29, 1.82) is 0 Å². The van der Waals surface area contributed by atoms with Crippen LogP contribution in [0.1, 0.15) is 5.69 Å². The fourth-order valence-corrected chi connectivity index (χ4v) is 1.31. The minimum Gasteiger partial charge on any atom is -0.327 e. The van der Waals surface area contributed by atoms with Gasteiger partial charge >= 0.3 is 0 Å². The van der Waals surface area contributed by atoms with Gasteiger partial charge in [0, 0.05) is 23.7 Å². The number of aryl methyl sites for hydroxylation is 1. The van der Waals surface area contributed by atoms with E-state index in [1.165, 1.54) is 0 Å². The zero-order valence-corrected chi connectivity index (χ0v) is 7.78. The molecule has 5 nitrogen and oxygen atoms in total. The molecule has 5 heteroatoms. The van der Waals surface area contributed by atoms with Crippen LogP contribution in [-0.2, 0) is 0 Å². The van der Waals surface area contributed by atoms with Gasteiger partial charge < -0.3 is 4.98 Å². The summed E-state index contributed by atoms with van der Waals surface area (Å²) in [4.78, 5) is 11.3. The van der Waals surface area contributed by atoms with Gasteiger partial charge in [-0.1, -0.05) is 0 Å². The highest BCUT2D eigenvalue weighted by molar-refractivity contribution is 5.62. The van der Waals surface area contributed by atoms with Crippen LogP contribution >= 0.6 is 0 Å². The van der Waals surface area contributed by atoms with E-state index in [0.717, 1.165) is 17.0 Å². The molecule has 0 saturated carbocycles. The number of H-pyrrole nitrogens is 1. The van der Waals surface area contributed by atoms with Crippen LogP contribution in [0.25, 0.3) is 11.3 Å². The first-order valence-electron chi connectivity index (χ1n) is 4.25. The van der Waals surface area contributed by atoms with Crippen LogP contribution in [0.4, 0.5) is 5.95 Å². The van der Waals surface area contributed by atoms with Gasteiger partial charge in [-0.2, -0.15) is 0 Å². The van der Waals surface area contributed by atoms with Gasteiger partial charge in [-0.05, 0) is 19.1 Å². The van der Waals surface area contributed by atoms with Gasteiger partial charge in [0.25, 0.3) is 0 Å². The Morgan fingerprint density at radius 2 is 2.36 bits per heavy atom. The van der Waals surface area contributed by atoms with Crippen LogP contribution < -0.4 is 11.3 Å². The number of pyridine rings is 1. The summed E-state index contributed by atoms with van der Waals surface area (Å²) in [6.07, 6.45) is 3.50. The number of rotatable bonds is 2. The van der Waals surface area contributed by atoms with Crippen molar-refractivity contribution < 1.29 is 0 Å². The Morgan fingerprint density at radius 1 is 1.50 bits per heavy atom. The number of nitrogens with two attached hydrogens (primary N) is 1. The number of hydrogen-bond acceptors (Lipinski definition) is 4. The third-order valence-corrected chi connectivity index (χ3v) is 1.96. The summed E-state index contributed by atoms with van der Waals surface area (Å²) < 4.78 is 0. The van der Waals surface area contributed by atoms with Crippen molar-refractivity contribution in [3.05, 3.63) is 30.2 Å². The fraction of sp³-hybridized carbons (Fsp3) is 0.111. The molecule has 0 unspecified atom stereocenters. The van der Waals surface area contributed by atoms with Crippen molar-refractivity contribution in [1.82, 2.24) is 15.0 Å². The zero-order chi connectivity index (χ0) is 9.97. The Morgan fingerprint density at radius 3 is 2.93 bits per heavy atom. The molecule has 0 atom stereocenters. The lowest BCUT2D eigenvalue weighted by Crippen LogP contribution is -2.07. The first-order valence-corrected chi connectivity index (χ1v) is 4.25. The predicted octanol–water partition coefficient (Wildman–Crippen LogP) is 1.07. The number of hydrogen-bond donors (Lipinski definition) is 3. The largest absolute Gasteiger partial charge is 0.327 e. The first kappa shape index (κ1) is 8.71. The van der Waals surface area contributed by atoms with Crippen molar-refractivity contribution in [2.75, 3.05) is 5.43 Å². The smallest absolute Gasteiger partial charge is 0.215 e. The van der Waals surface area contributed by atoms with Gasteiger partial charge in [-0.25, -0.2) is 10.8 Å². The highest BCUT2D eigenvalue weighted by Crippen LogP contribution is 2.20. The fourth-order valence-electron chi connectivity index (χ4n) is 1.31. The summed E-state index contributed by atoms with van der Waals surface area (Å²) in [5.74, 6) is 5.81. The molecule has 2 aromatic heterocycles. The third kappa shape index (κ3) is 1.45. The summed E-state index contributed by atoms with van der Waals surface area (Å²) >= 11 is 0. The topological polar surface area (TPSA) is 79.6 Å². The van der Waals surface area contributed by atoms with Crippen molar-refractivity contribution in [2.24, 2.45) is 5.84 Å². The lowest BCUT2D eigenvalue weighted by Gasteiger charge is -1.95. The summed E-state index contributed by atoms with van der Waals surface area (Å²) in [6, 6.07) is 3.83. The second-order valence-electron chi connectivity index (χ2n) is 2.95. The Labute approximate surface area is 81.4 Å². The average Bonchev–Trinajstić information content (AvgIpc) is 2.61. The van der Waals surface area contributed by atoms with Crippen LogP contribution in [0.5, 0.6) is 0 Å². The number of imidazole rings is 1. The Balaban J connectivity index is 2.46. The number of nitrogens with zero attached hydrogens (tertiary/aromatic N) is 2. The molecule has 2 rings (SSSR count). The minimum atomic E-state index is 0.557. The molecular formula is C9H11N5. The molecule has 0 saturated heterocycles. The van der Waals surface area contributed by atoms with Gasteiger partial charge in [0.05, 0.1) is 5.69 Å². The molecule has 2 heterocycles. The maximum atomic E-state index is 5.25. The molecule has 72 valence electrons. The van der Waals surface area contributed by atoms with Crippen LogP contribution in [0, 0.1) is 6.92 Å². The van der Waals surface area contributed by atoms with Gasteiger partial charge in [0.1, 0.15) is 0 Å². The van der Waals surface area contributed by atoms with E-state index in [2.05, 4.69) is 20.4 Å². The van der Waals surface area contributed by atoms with E-state index in [4.69, 9.17) is 5.84 Å². The molecule has 0 aliphatic heterocycles. The second-order valence-corrected chi connectivity index (χ2v) is 2.95. The van der Waals surface area contributed by atoms with Gasteiger partial charge in [-0.3, -0.25) is 10.4 Å². The normalized spacial score (nSPS) is 10.1. The molecule has 2 aromatic rings. The molecule has 0 fully saturated rings. The Kier molecular flexibility index (Phi) is 2.16. The van der Waals surface area contributed by atoms with Crippen LogP contribution in [0.15, 0.2) is 24.5 Å². The lowest BCUT2D eigenvalue weighted by atomic mass is 10.2. The van der Waals surface area contributed by atoms with Crippen molar-refractivity contribution in [2.45, 2.75) is 6.92 Å². The second kappa shape index (κ2) is 3.47. The molecule has 0 aliphatic rings. The number of nitrogens with one attached hydrogen (secondary N) is 2. The van der Waals surface area contributed by atoms with Gasteiger partial charge in [0.2, 0.25) is 5.95 Å². The summed E-state index contributed by atoms with van der Waals surface area (Å²) in [7, 11) is 0. The van der Waals surface area contributed by atoms with Crippen LogP contribution in [0.3, 0.4) is 0 Å². The summed E-state index contributed by atoms with van der Waals surface area (Å²) in [5, 5.41) is 0. The van der Waals surface area contributed by atoms with Crippen molar-refractivity contribution in [3.63, 3.8) is 0 Å². The summed E-state index contributed by atoms with van der Waals surface area (Å²) in [6.45, 7) is 1.94. The molecule has 14 heavy (non-hydrogen) atoms. The van der Waals surface area contributed by atoms with E-state index >= 15 is 0 Å². The molecule has 0 spiro atoms. The minimum absolute atomic E-state index is 0.557. The average molecular weight is 189 g/mol. The van der Waals surface area contributed by atoms with E-state index in [0.29, 0.717) is 5.95 Å². The third-order valence-electron chi connectivity index (χ3n) is 1.96. The maximum absolute atomic E-state index is 5.25. The molecule has 0 radical (unpaired) electrons. The number of aromatic amines is 1. The molecule has 4 N–H and O–H groups in total. The lowest BCUT2D eigenvalue weighted by molar-refractivity contribution is 1.18. The zero-order valence-electron chi connectivity index (χ0n) is 7.78. The van der Waals surface area contributed by atoms with E-state index in [1.807, 2.05) is 19.1 Å². The number of anilines is 1. The number of aromatic nitrogens is 3. The standard InChI is InChI=1S/C9H11N5/c1-6-8(13-9(12-6)14-10)7-3-2-4-11-5-7/h2-5H,10H2,1H3,(H2,12,13,14). The van der Waals surface area contributed by atoms with Crippen molar-refractivity contribution >= 4 is 5.95 Å². The number of hydrazine groups is 1. The molecule has 0 aliphatic carbocycles. The summed E-state index contributed by atoms with van der Waals surface area (Å²) in [5.41, 5.74) is 5.28. The van der Waals surface area contributed by atoms with Crippen LogP contribution in [0.2, 0.25) is 0 Å². The SMILES string of the molecule is Cc1[nH]c(NN)nc1-c1cccnc1. The van der Waals surface area contributed by atoms with E-state index in [1.54, 1.807) is 12.4 Å². The van der Waals surface area contributed by atoms with Gasteiger partial charge in [-0.15, -0.1) is 0 Å². The van der Waals surface area contributed by atoms with Crippen molar-refractivity contribution in [3.8, 4) is 11.3 Å². The highest BCUT2D eigenvalue weighted by Gasteiger charge is 2.07. The van der Waals surface area contributed by atoms with E-state index < -0.39 is 0 Å². The first-order chi connectivity index (χ1) is 6.81. The van der Waals surface area contributed by atoms with Gasteiger partial charge in [0.15, 0.2) is 0 Å². The maximum Gasteiger partial charge on any atom is 0.215 e. The molecule has 0 aromatic carbocycles. The highest BCUT2D eigenvalue weighted by atomic mass is 15.3.